The molecule has 1 aliphatic rings. The molecule has 118 valence electrons. The maximum Gasteiger partial charge on any atom is 0.407 e. The minimum Gasteiger partial charge on any atom is -0.444 e. The van der Waals surface area contributed by atoms with Crippen LogP contribution in [0.5, 0.6) is 0 Å². The molecule has 0 spiro atoms. The summed E-state index contributed by atoms with van der Waals surface area (Å²) in [5.41, 5.74) is 0.694. The van der Waals surface area contributed by atoms with Gasteiger partial charge in [-0.1, -0.05) is 11.6 Å². The molecule has 22 heavy (non-hydrogen) atoms. The Morgan fingerprint density at radius 2 is 2.23 bits per heavy atom. The first-order valence-corrected chi connectivity index (χ1v) is 7.44. The Kier molecular flexibility index (Phi) is 4.77. The Morgan fingerprint density at radius 1 is 1.55 bits per heavy atom. The third kappa shape index (κ3) is 4.50. The van der Waals surface area contributed by atoms with Gasteiger partial charge in [0.05, 0.1) is 0 Å². The zero-order valence-corrected chi connectivity index (χ0v) is 13.6. The van der Waals surface area contributed by atoms with E-state index in [-0.39, 0.29) is 0 Å². The van der Waals surface area contributed by atoms with Gasteiger partial charge in [0.25, 0.3) is 0 Å². The predicted molar refractivity (Wildman–Crippen MR) is 83.9 cm³/mol. The number of carbonyl (C=O) groups is 1. The molecule has 1 N–H and O–H groups in total. The molecule has 1 fully saturated rings. The van der Waals surface area contributed by atoms with Crippen LogP contribution in [-0.4, -0.2) is 36.3 Å². The molecule has 1 aromatic heterocycles. The molecular formula is C15H19ClN4O2. The maximum absolute atomic E-state index is 11.6. The Morgan fingerprint density at radius 3 is 2.82 bits per heavy atom. The summed E-state index contributed by atoms with van der Waals surface area (Å²) < 4.78 is 5.19. The van der Waals surface area contributed by atoms with Crippen LogP contribution in [0.4, 0.5) is 10.5 Å². The number of hydrogen-bond donors (Lipinski definition) is 1. The van der Waals surface area contributed by atoms with Gasteiger partial charge in [0.15, 0.2) is 0 Å². The monoisotopic (exact) mass is 322 g/mol. The van der Waals surface area contributed by atoms with Gasteiger partial charge in [0.1, 0.15) is 22.5 Å². The summed E-state index contributed by atoms with van der Waals surface area (Å²) in [6.07, 6.45) is -0.398. The second-order valence-corrected chi connectivity index (χ2v) is 6.69. The van der Waals surface area contributed by atoms with Crippen LogP contribution in [0.25, 0.3) is 0 Å². The Bertz CT molecular complexity index is 601. The van der Waals surface area contributed by atoms with Crippen LogP contribution in [0, 0.1) is 17.2 Å². The van der Waals surface area contributed by atoms with Gasteiger partial charge in [-0.05, 0) is 32.9 Å². The van der Waals surface area contributed by atoms with E-state index in [2.05, 4.69) is 15.2 Å². The van der Waals surface area contributed by atoms with Crippen LogP contribution < -0.4 is 10.2 Å². The van der Waals surface area contributed by atoms with E-state index in [1.807, 2.05) is 26.8 Å². The number of pyridine rings is 1. The molecule has 7 heteroatoms. The molecule has 1 aliphatic heterocycles. The van der Waals surface area contributed by atoms with Gasteiger partial charge < -0.3 is 15.0 Å². The molecule has 2 rings (SSSR count). The summed E-state index contributed by atoms with van der Waals surface area (Å²) >= 11 is 5.89. The van der Waals surface area contributed by atoms with Crippen molar-refractivity contribution in [3.8, 4) is 6.07 Å². The number of ether oxygens (including phenoxy) is 1. The minimum absolute atomic E-state index is 0.304. The van der Waals surface area contributed by atoms with E-state index in [4.69, 9.17) is 21.6 Å². The largest absolute Gasteiger partial charge is 0.444 e. The second kappa shape index (κ2) is 6.41. The summed E-state index contributed by atoms with van der Waals surface area (Å²) in [7, 11) is 0. The Labute approximate surface area is 135 Å². The van der Waals surface area contributed by atoms with Gasteiger partial charge in [0.2, 0.25) is 0 Å². The third-order valence-corrected chi connectivity index (χ3v) is 3.34. The van der Waals surface area contributed by atoms with Crippen LogP contribution in [0.3, 0.4) is 0 Å². The van der Waals surface area contributed by atoms with Crippen molar-refractivity contribution in [1.29, 1.82) is 5.26 Å². The number of hydrogen-bond acceptors (Lipinski definition) is 5. The normalized spacial score (nSPS) is 15.0. The fourth-order valence-corrected chi connectivity index (χ4v) is 2.38. The van der Waals surface area contributed by atoms with Crippen LogP contribution in [0.1, 0.15) is 26.5 Å². The van der Waals surface area contributed by atoms with E-state index in [9.17, 15) is 4.79 Å². The van der Waals surface area contributed by atoms with Gasteiger partial charge in [-0.2, -0.15) is 5.26 Å². The number of anilines is 1. The van der Waals surface area contributed by atoms with Crippen molar-refractivity contribution in [2.24, 2.45) is 5.92 Å². The lowest BCUT2D eigenvalue weighted by Gasteiger charge is -2.41. The number of nitrogens with zero attached hydrogens (tertiary/aromatic N) is 3. The van der Waals surface area contributed by atoms with Gasteiger partial charge in [-0.25, -0.2) is 9.78 Å². The molecule has 0 bridgehead atoms. The molecule has 1 aromatic rings. The Balaban J connectivity index is 1.80. The lowest BCUT2D eigenvalue weighted by Crippen LogP contribution is -2.52. The molecule has 6 nitrogen and oxygen atoms in total. The first-order chi connectivity index (χ1) is 10.3. The molecule has 0 aromatic carbocycles. The molecule has 0 saturated carbocycles. The van der Waals surface area contributed by atoms with Crippen molar-refractivity contribution >= 4 is 23.4 Å². The van der Waals surface area contributed by atoms with Crippen molar-refractivity contribution in [2.45, 2.75) is 26.4 Å². The second-order valence-electron chi connectivity index (χ2n) is 6.30. The van der Waals surface area contributed by atoms with Gasteiger partial charge in [0, 0.05) is 31.2 Å². The number of rotatable bonds is 3. The first-order valence-electron chi connectivity index (χ1n) is 7.06. The lowest BCUT2D eigenvalue weighted by atomic mass is 9.99. The summed E-state index contributed by atoms with van der Waals surface area (Å²) in [5.74, 6) is 0.352. The van der Waals surface area contributed by atoms with Gasteiger partial charge in [-0.15, -0.1) is 0 Å². The van der Waals surface area contributed by atoms with E-state index in [0.717, 1.165) is 18.8 Å². The molecule has 0 atom stereocenters. The highest BCUT2D eigenvalue weighted by molar-refractivity contribution is 6.29. The zero-order valence-electron chi connectivity index (χ0n) is 12.9. The van der Waals surface area contributed by atoms with Crippen molar-refractivity contribution in [3.63, 3.8) is 0 Å². The number of carbonyl (C=O) groups excluding carboxylic acids is 1. The van der Waals surface area contributed by atoms with E-state index < -0.39 is 11.7 Å². The highest BCUT2D eigenvalue weighted by atomic mass is 35.5. The smallest absolute Gasteiger partial charge is 0.407 e. The SMILES string of the molecule is CC(C)(C)OC(=O)NCC1CN(c2cc(Cl)nc(C#N)c2)C1. The average molecular weight is 323 g/mol. The van der Waals surface area contributed by atoms with Crippen molar-refractivity contribution in [1.82, 2.24) is 10.3 Å². The molecule has 1 amide bonds. The quantitative estimate of drug-likeness (QED) is 0.865. The van der Waals surface area contributed by atoms with Gasteiger partial charge in [-0.3, -0.25) is 0 Å². The predicted octanol–water partition coefficient (Wildman–Crippen LogP) is 2.57. The molecule has 0 unspecified atom stereocenters. The van der Waals surface area contributed by atoms with Crippen LogP contribution in [0.2, 0.25) is 5.15 Å². The Hall–Kier alpha value is -2.00. The number of halogens is 1. The van der Waals surface area contributed by atoms with Crippen molar-refractivity contribution < 1.29 is 9.53 Å². The van der Waals surface area contributed by atoms with Crippen molar-refractivity contribution in [3.05, 3.63) is 23.0 Å². The van der Waals surface area contributed by atoms with E-state index >= 15 is 0 Å². The lowest BCUT2D eigenvalue weighted by molar-refractivity contribution is 0.0516. The summed E-state index contributed by atoms with van der Waals surface area (Å²) in [4.78, 5) is 17.6. The summed E-state index contributed by atoms with van der Waals surface area (Å²) in [5, 5.41) is 12.0. The topological polar surface area (TPSA) is 78.2 Å². The number of nitriles is 1. The molecule has 0 radical (unpaired) electrons. The van der Waals surface area contributed by atoms with E-state index in [0.29, 0.717) is 23.3 Å². The standard InChI is InChI=1S/C15H19ClN4O2/c1-15(2,3)22-14(21)18-7-10-8-20(9-10)12-4-11(6-17)19-13(16)5-12/h4-5,10H,7-9H2,1-3H3,(H,18,21). The van der Waals surface area contributed by atoms with E-state index in [1.54, 1.807) is 12.1 Å². The summed E-state index contributed by atoms with van der Waals surface area (Å²) in [6, 6.07) is 5.44. The van der Waals surface area contributed by atoms with E-state index in [1.165, 1.54) is 0 Å². The van der Waals surface area contributed by atoms with Crippen LogP contribution >= 0.6 is 11.6 Å². The fraction of sp³-hybridized carbons (Fsp3) is 0.533. The zero-order chi connectivity index (χ0) is 16.3. The van der Waals surface area contributed by atoms with Gasteiger partial charge >= 0.3 is 6.09 Å². The number of amides is 1. The average Bonchev–Trinajstić information content (AvgIpc) is 2.33. The first kappa shape index (κ1) is 16.4. The molecule has 0 aliphatic carbocycles. The van der Waals surface area contributed by atoms with Crippen LogP contribution in [-0.2, 0) is 4.74 Å². The maximum atomic E-state index is 11.6. The third-order valence-electron chi connectivity index (χ3n) is 3.15. The fourth-order valence-electron chi connectivity index (χ4n) is 2.17. The summed E-state index contributed by atoms with van der Waals surface area (Å²) in [6.45, 7) is 7.64. The van der Waals surface area contributed by atoms with Crippen LogP contribution in [0.15, 0.2) is 12.1 Å². The minimum atomic E-state index is -0.489. The highest BCUT2D eigenvalue weighted by Crippen LogP contribution is 2.26. The molecule has 1 saturated heterocycles. The number of aromatic nitrogens is 1. The van der Waals surface area contributed by atoms with Crippen molar-refractivity contribution in [2.75, 3.05) is 24.5 Å². The number of nitrogens with one attached hydrogen (secondary N) is 1. The molecular weight excluding hydrogens is 304 g/mol. The number of alkyl carbamates (subject to hydrolysis) is 1. The molecule has 2 heterocycles. The highest BCUT2D eigenvalue weighted by Gasteiger charge is 2.28.